The molecule has 0 amide bonds. The Hall–Kier alpha value is -0.500. The Balaban J connectivity index is 2.87. The number of thioether (sulfide) groups is 1. The number of nitrogens with one attached hydrogen (secondary N) is 2. The van der Waals surface area contributed by atoms with Crippen LogP contribution in [0.1, 0.15) is 27.2 Å². The summed E-state index contributed by atoms with van der Waals surface area (Å²) in [7, 11) is -3.60. The first-order valence-electron chi connectivity index (χ1n) is 6.66. The largest absolute Gasteiger partial charge is 0.369 e. The molecule has 0 aliphatic rings. The van der Waals surface area contributed by atoms with Crippen LogP contribution in [0.15, 0.2) is 17.2 Å². The highest BCUT2D eigenvalue weighted by molar-refractivity contribution is 8.00. The lowest BCUT2D eigenvalue weighted by Crippen LogP contribution is -2.36. The van der Waals surface area contributed by atoms with E-state index in [9.17, 15) is 8.42 Å². The van der Waals surface area contributed by atoms with E-state index in [1.54, 1.807) is 11.8 Å². The summed E-state index contributed by atoms with van der Waals surface area (Å²) in [5, 5.41) is 3.35. The van der Waals surface area contributed by atoms with Gasteiger partial charge in [-0.25, -0.2) is 18.1 Å². The van der Waals surface area contributed by atoms with Gasteiger partial charge in [-0.05, 0) is 32.6 Å². The van der Waals surface area contributed by atoms with Gasteiger partial charge in [0.1, 0.15) is 10.7 Å². The summed E-state index contributed by atoms with van der Waals surface area (Å²) >= 11 is 7.67. The molecule has 0 fully saturated rings. The Labute approximate surface area is 136 Å². The van der Waals surface area contributed by atoms with Crippen molar-refractivity contribution >= 4 is 39.2 Å². The van der Waals surface area contributed by atoms with Gasteiger partial charge in [0, 0.05) is 24.0 Å². The predicted molar refractivity (Wildman–Crippen MR) is 90.8 cm³/mol. The van der Waals surface area contributed by atoms with E-state index in [0.717, 1.165) is 13.0 Å². The predicted octanol–water partition coefficient (Wildman–Crippen LogP) is 2.98. The van der Waals surface area contributed by atoms with E-state index in [0.29, 0.717) is 17.4 Å². The first-order valence-corrected chi connectivity index (χ1v) is 9.74. The zero-order chi connectivity index (χ0) is 16.1. The average molecular weight is 352 g/mol. The normalized spacial score (nSPS) is 12.4. The number of nitrogens with zero attached hydrogens (tertiary/aromatic N) is 1. The van der Waals surface area contributed by atoms with Crippen LogP contribution in [0.2, 0.25) is 5.02 Å². The second-order valence-electron chi connectivity index (χ2n) is 5.22. The maximum Gasteiger partial charge on any atom is 0.242 e. The standard InChI is InChI=1S/C13H22ClN3O2S2/c1-5-6-15-12-11(14)7-10(8-16-12)21(18,19)17-9-13(2,3)20-4/h7-8,17H,5-6,9H2,1-4H3,(H,15,16). The molecular formula is C13H22ClN3O2S2. The summed E-state index contributed by atoms with van der Waals surface area (Å²) in [6, 6.07) is 1.42. The second kappa shape index (κ2) is 7.67. The molecule has 5 nitrogen and oxygen atoms in total. The quantitative estimate of drug-likeness (QED) is 0.753. The number of anilines is 1. The van der Waals surface area contributed by atoms with E-state index in [2.05, 4.69) is 15.0 Å². The SMILES string of the molecule is CCCNc1ncc(S(=O)(=O)NCC(C)(C)SC)cc1Cl. The smallest absolute Gasteiger partial charge is 0.242 e. The fourth-order valence-corrected chi connectivity index (χ4v) is 3.15. The molecular weight excluding hydrogens is 330 g/mol. The molecule has 0 bridgehead atoms. The fraction of sp³-hybridized carbons (Fsp3) is 0.615. The molecule has 0 aliphatic heterocycles. The Morgan fingerprint density at radius 1 is 1.43 bits per heavy atom. The van der Waals surface area contributed by atoms with Crippen molar-refractivity contribution in [2.75, 3.05) is 24.7 Å². The van der Waals surface area contributed by atoms with E-state index in [1.807, 2.05) is 27.0 Å². The highest BCUT2D eigenvalue weighted by Gasteiger charge is 2.22. The zero-order valence-corrected chi connectivity index (χ0v) is 15.1. The van der Waals surface area contributed by atoms with Crippen LogP contribution in [0, 0.1) is 0 Å². The van der Waals surface area contributed by atoms with Crippen molar-refractivity contribution in [2.45, 2.75) is 36.8 Å². The van der Waals surface area contributed by atoms with Crippen molar-refractivity contribution in [3.8, 4) is 0 Å². The third kappa shape index (κ3) is 5.65. The second-order valence-corrected chi connectivity index (χ2v) is 8.90. The van der Waals surface area contributed by atoms with Gasteiger partial charge < -0.3 is 5.32 Å². The van der Waals surface area contributed by atoms with E-state index < -0.39 is 10.0 Å². The van der Waals surface area contributed by atoms with Gasteiger partial charge in [0.25, 0.3) is 0 Å². The Morgan fingerprint density at radius 2 is 2.10 bits per heavy atom. The van der Waals surface area contributed by atoms with Crippen LogP contribution in [0.4, 0.5) is 5.82 Å². The molecule has 1 rings (SSSR count). The molecule has 1 heterocycles. The van der Waals surface area contributed by atoms with Gasteiger partial charge in [-0.2, -0.15) is 11.8 Å². The molecule has 0 spiro atoms. The molecule has 0 saturated heterocycles. The minimum absolute atomic E-state index is 0.0754. The topological polar surface area (TPSA) is 71.1 Å². The van der Waals surface area contributed by atoms with Crippen molar-refractivity contribution in [2.24, 2.45) is 0 Å². The number of aromatic nitrogens is 1. The Kier molecular flexibility index (Phi) is 6.77. The van der Waals surface area contributed by atoms with Crippen molar-refractivity contribution in [1.82, 2.24) is 9.71 Å². The number of sulfonamides is 1. The first kappa shape index (κ1) is 18.5. The van der Waals surface area contributed by atoms with Crippen LogP contribution in [0.3, 0.4) is 0 Å². The number of rotatable bonds is 8. The van der Waals surface area contributed by atoms with Crippen molar-refractivity contribution < 1.29 is 8.42 Å². The number of hydrogen-bond acceptors (Lipinski definition) is 5. The van der Waals surface area contributed by atoms with Crippen LogP contribution in [-0.2, 0) is 10.0 Å². The van der Waals surface area contributed by atoms with Crippen LogP contribution in [0.25, 0.3) is 0 Å². The Morgan fingerprint density at radius 3 is 2.62 bits per heavy atom. The summed E-state index contributed by atoms with van der Waals surface area (Å²) in [6.45, 7) is 7.05. The number of hydrogen-bond donors (Lipinski definition) is 2. The highest BCUT2D eigenvalue weighted by atomic mass is 35.5. The van der Waals surface area contributed by atoms with E-state index in [-0.39, 0.29) is 9.64 Å². The summed E-state index contributed by atoms with van der Waals surface area (Å²) in [6.07, 6.45) is 4.20. The summed E-state index contributed by atoms with van der Waals surface area (Å²) in [5.41, 5.74) is 0. The third-order valence-electron chi connectivity index (χ3n) is 2.91. The molecule has 2 N–H and O–H groups in total. The molecule has 0 atom stereocenters. The van der Waals surface area contributed by atoms with Crippen LogP contribution < -0.4 is 10.0 Å². The first-order chi connectivity index (χ1) is 9.72. The Bertz CT molecular complexity index is 577. The number of pyridine rings is 1. The van der Waals surface area contributed by atoms with Crippen LogP contribution in [0.5, 0.6) is 0 Å². The number of halogens is 1. The van der Waals surface area contributed by atoms with E-state index >= 15 is 0 Å². The van der Waals surface area contributed by atoms with Crippen molar-refractivity contribution in [1.29, 1.82) is 0 Å². The minimum Gasteiger partial charge on any atom is -0.369 e. The maximum atomic E-state index is 12.2. The molecule has 8 heteroatoms. The van der Waals surface area contributed by atoms with Crippen molar-refractivity contribution in [3.05, 3.63) is 17.3 Å². The summed E-state index contributed by atoms with van der Waals surface area (Å²) in [4.78, 5) is 4.15. The molecule has 0 saturated carbocycles. The van der Waals surface area contributed by atoms with Gasteiger partial charge in [-0.3, -0.25) is 0 Å². The average Bonchev–Trinajstić information content (AvgIpc) is 2.44. The fourth-order valence-electron chi connectivity index (χ4n) is 1.37. The molecule has 1 aromatic heterocycles. The lowest BCUT2D eigenvalue weighted by Gasteiger charge is -2.22. The highest BCUT2D eigenvalue weighted by Crippen LogP contribution is 2.24. The molecule has 0 unspecified atom stereocenters. The lowest BCUT2D eigenvalue weighted by molar-refractivity contribution is 0.570. The molecule has 120 valence electrons. The molecule has 0 radical (unpaired) electrons. The van der Waals surface area contributed by atoms with Crippen molar-refractivity contribution in [3.63, 3.8) is 0 Å². The minimum atomic E-state index is -3.60. The van der Waals surface area contributed by atoms with E-state index in [4.69, 9.17) is 11.6 Å². The summed E-state index contributed by atoms with van der Waals surface area (Å²) < 4.78 is 26.9. The molecule has 0 aliphatic carbocycles. The molecule has 0 aromatic carbocycles. The zero-order valence-electron chi connectivity index (χ0n) is 12.7. The van der Waals surface area contributed by atoms with Gasteiger partial charge in [0.2, 0.25) is 10.0 Å². The summed E-state index contributed by atoms with van der Waals surface area (Å²) in [5.74, 6) is 0.502. The van der Waals surface area contributed by atoms with Gasteiger partial charge >= 0.3 is 0 Å². The van der Waals surface area contributed by atoms with Gasteiger partial charge in [0.05, 0.1) is 5.02 Å². The molecule has 1 aromatic rings. The van der Waals surface area contributed by atoms with Gasteiger partial charge in [-0.1, -0.05) is 18.5 Å². The van der Waals surface area contributed by atoms with Crippen LogP contribution in [-0.4, -0.2) is 37.5 Å². The maximum absolute atomic E-state index is 12.2. The third-order valence-corrected chi connectivity index (χ3v) is 5.82. The van der Waals surface area contributed by atoms with Crippen LogP contribution >= 0.6 is 23.4 Å². The van der Waals surface area contributed by atoms with Gasteiger partial charge in [0.15, 0.2) is 0 Å². The monoisotopic (exact) mass is 351 g/mol. The van der Waals surface area contributed by atoms with Gasteiger partial charge in [-0.15, -0.1) is 0 Å². The van der Waals surface area contributed by atoms with E-state index in [1.165, 1.54) is 12.3 Å². The molecule has 21 heavy (non-hydrogen) atoms. The lowest BCUT2D eigenvalue weighted by atomic mass is 10.2.